The van der Waals surface area contributed by atoms with Gasteiger partial charge in [-0.05, 0) is 35.7 Å². The van der Waals surface area contributed by atoms with Gasteiger partial charge in [0.05, 0.1) is 5.41 Å². The van der Waals surface area contributed by atoms with Gasteiger partial charge in [-0.1, -0.05) is 0 Å². The van der Waals surface area contributed by atoms with Crippen molar-refractivity contribution in [3.8, 4) is 0 Å². The normalized spacial score (nSPS) is 26.5. The van der Waals surface area contributed by atoms with Gasteiger partial charge in [0.15, 0.2) is 0 Å². The highest BCUT2D eigenvalue weighted by atomic mass is 35.5. The summed E-state index contributed by atoms with van der Waals surface area (Å²) in [6.07, 6.45) is 0.538. The molecule has 88 valence electrons. The summed E-state index contributed by atoms with van der Waals surface area (Å²) in [6.45, 7) is 2.43. The number of carbonyl (C=O) groups is 1. The Hall–Kier alpha value is -0.250. The molecule has 2 nitrogen and oxygen atoms in total. The minimum absolute atomic E-state index is 0.0173. The van der Waals surface area contributed by atoms with Crippen LogP contribution >= 0.6 is 34.5 Å². The van der Waals surface area contributed by atoms with Crippen molar-refractivity contribution in [2.75, 3.05) is 7.05 Å². The molecule has 1 atom stereocenters. The second-order valence-electron chi connectivity index (χ2n) is 4.51. The molecule has 2 rings (SSSR count). The summed E-state index contributed by atoms with van der Waals surface area (Å²) >= 11 is 13.6. The van der Waals surface area contributed by atoms with E-state index in [9.17, 15) is 4.79 Å². The number of hydrogen-bond acceptors (Lipinski definition) is 2. The Kier molecular flexibility index (Phi) is 2.97. The molecule has 16 heavy (non-hydrogen) atoms. The third-order valence-electron chi connectivity index (χ3n) is 3.08. The van der Waals surface area contributed by atoms with Gasteiger partial charge in [0, 0.05) is 13.6 Å². The molecule has 0 saturated heterocycles. The fraction of sp³-hybridized carbons (Fsp3) is 0.545. The van der Waals surface area contributed by atoms with Crippen molar-refractivity contribution in [3.63, 3.8) is 0 Å². The molecule has 1 heterocycles. The fourth-order valence-corrected chi connectivity index (χ4v) is 3.14. The van der Waals surface area contributed by atoms with E-state index < -0.39 is 9.75 Å². The molecule has 1 aromatic rings. The molecule has 0 bridgehead atoms. The second-order valence-corrected chi connectivity index (χ2v) is 6.77. The van der Waals surface area contributed by atoms with Gasteiger partial charge in [-0.2, -0.15) is 11.3 Å². The third kappa shape index (κ3) is 1.96. The lowest BCUT2D eigenvalue weighted by atomic mass is 10.1. The maximum absolute atomic E-state index is 12.1. The molecule has 1 aliphatic rings. The van der Waals surface area contributed by atoms with Crippen molar-refractivity contribution >= 4 is 40.4 Å². The lowest BCUT2D eigenvalue weighted by molar-refractivity contribution is -0.135. The number of alkyl halides is 2. The number of rotatable bonds is 3. The molecule has 0 N–H and O–H groups in total. The minimum Gasteiger partial charge on any atom is -0.341 e. The van der Waals surface area contributed by atoms with Crippen LogP contribution in [0.25, 0.3) is 0 Å². The first kappa shape index (κ1) is 12.2. The molecule has 0 spiro atoms. The van der Waals surface area contributed by atoms with Crippen molar-refractivity contribution in [2.45, 2.75) is 24.2 Å². The van der Waals surface area contributed by atoms with Crippen molar-refractivity contribution in [2.24, 2.45) is 5.41 Å². The van der Waals surface area contributed by atoms with Crippen LogP contribution in [-0.2, 0) is 11.3 Å². The van der Waals surface area contributed by atoms with Gasteiger partial charge >= 0.3 is 0 Å². The van der Waals surface area contributed by atoms with Crippen LogP contribution in [0.1, 0.15) is 18.9 Å². The van der Waals surface area contributed by atoms with Crippen LogP contribution in [0, 0.1) is 5.41 Å². The van der Waals surface area contributed by atoms with Crippen LogP contribution in [0.5, 0.6) is 0 Å². The maximum atomic E-state index is 12.1. The van der Waals surface area contributed by atoms with E-state index in [1.165, 1.54) is 0 Å². The van der Waals surface area contributed by atoms with Crippen molar-refractivity contribution in [1.82, 2.24) is 4.90 Å². The molecule has 0 aromatic carbocycles. The second kappa shape index (κ2) is 3.90. The quantitative estimate of drug-likeness (QED) is 0.777. The lowest BCUT2D eigenvalue weighted by Crippen LogP contribution is -2.34. The highest BCUT2D eigenvalue weighted by molar-refractivity contribution is 7.07. The SMILES string of the molecule is CN(Cc1ccsc1)C(=O)[C@]1(C)CC1(Cl)Cl. The highest BCUT2D eigenvalue weighted by Crippen LogP contribution is 2.64. The number of carbonyl (C=O) groups excluding carboxylic acids is 1. The first-order chi connectivity index (χ1) is 7.37. The van der Waals surface area contributed by atoms with Crippen LogP contribution in [0.4, 0.5) is 0 Å². The summed E-state index contributed by atoms with van der Waals surface area (Å²) < 4.78 is -0.882. The predicted molar refractivity (Wildman–Crippen MR) is 68.0 cm³/mol. The summed E-state index contributed by atoms with van der Waals surface area (Å²) in [5, 5.41) is 4.04. The van der Waals surface area contributed by atoms with Crippen molar-refractivity contribution in [3.05, 3.63) is 22.4 Å². The van der Waals surface area contributed by atoms with Crippen LogP contribution in [-0.4, -0.2) is 22.2 Å². The van der Waals surface area contributed by atoms with E-state index in [2.05, 4.69) is 0 Å². The largest absolute Gasteiger partial charge is 0.341 e. The number of hydrogen-bond donors (Lipinski definition) is 0. The molecule has 1 fully saturated rings. The molecule has 1 saturated carbocycles. The van der Waals surface area contributed by atoms with Crippen LogP contribution in [0.15, 0.2) is 16.8 Å². The van der Waals surface area contributed by atoms with Gasteiger partial charge in [-0.3, -0.25) is 4.79 Å². The molecule has 0 unspecified atom stereocenters. The van der Waals surface area contributed by atoms with Crippen LogP contribution in [0.2, 0.25) is 0 Å². The molecular formula is C11H13Cl2NOS. The Morgan fingerprint density at radius 3 is 2.69 bits per heavy atom. The van der Waals surface area contributed by atoms with Gasteiger partial charge in [0.25, 0.3) is 0 Å². The zero-order chi connectivity index (χ0) is 12.0. The van der Waals surface area contributed by atoms with Gasteiger partial charge in [-0.25, -0.2) is 0 Å². The first-order valence-electron chi connectivity index (χ1n) is 5.01. The summed E-state index contributed by atoms with van der Waals surface area (Å²) in [5.74, 6) is 0.0173. The monoisotopic (exact) mass is 277 g/mol. The smallest absolute Gasteiger partial charge is 0.231 e. The number of nitrogens with zero attached hydrogens (tertiary/aromatic N) is 1. The predicted octanol–water partition coefficient (Wildman–Crippen LogP) is 3.29. The molecular weight excluding hydrogens is 265 g/mol. The average molecular weight is 278 g/mol. The van der Waals surface area contributed by atoms with Gasteiger partial charge < -0.3 is 4.90 Å². The summed E-state index contributed by atoms with van der Waals surface area (Å²) in [5.41, 5.74) is 0.529. The Morgan fingerprint density at radius 2 is 2.25 bits per heavy atom. The fourth-order valence-electron chi connectivity index (χ4n) is 1.78. The van der Waals surface area contributed by atoms with Crippen molar-refractivity contribution < 1.29 is 4.79 Å². The van der Waals surface area contributed by atoms with Gasteiger partial charge in [0.1, 0.15) is 4.33 Å². The zero-order valence-corrected chi connectivity index (χ0v) is 11.5. The Labute approximate surface area is 109 Å². The Bertz CT molecular complexity index is 404. The van der Waals surface area contributed by atoms with Gasteiger partial charge in [0.2, 0.25) is 5.91 Å². The van der Waals surface area contributed by atoms with Crippen molar-refractivity contribution in [1.29, 1.82) is 0 Å². The van der Waals surface area contributed by atoms with E-state index in [0.717, 1.165) is 5.56 Å². The Balaban J connectivity index is 2.01. The molecule has 5 heteroatoms. The minimum atomic E-state index is -0.882. The molecule has 1 aromatic heterocycles. The highest BCUT2D eigenvalue weighted by Gasteiger charge is 2.68. The third-order valence-corrected chi connectivity index (χ3v) is 4.91. The topological polar surface area (TPSA) is 20.3 Å². The van der Waals surface area contributed by atoms with Gasteiger partial charge in [-0.15, -0.1) is 23.2 Å². The van der Waals surface area contributed by atoms with E-state index in [1.807, 2.05) is 23.8 Å². The summed E-state index contributed by atoms with van der Waals surface area (Å²) in [6, 6.07) is 2.01. The van der Waals surface area contributed by atoms with E-state index in [4.69, 9.17) is 23.2 Å². The first-order valence-corrected chi connectivity index (χ1v) is 6.71. The van der Waals surface area contributed by atoms with E-state index >= 15 is 0 Å². The number of amides is 1. The van der Waals surface area contributed by atoms with Crippen LogP contribution < -0.4 is 0 Å². The lowest BCUT2D eigenvalue weighted by Gasteiger charge is -2.21. The molecule has 1 amide bonds. The summed E-state index contributed by atoms with van der Waals surface area (Å²) in [7, 11) is 1.79. The standard InChI is InChI=1S/C11H13Cl2NOS/c1-10(7-11(10,12)13)9(15)14(2)5-8-3-4-16-6-8/h3-4,6H,5,7H2,1-2H3/t10-/m0/s1. The van der Waals surface area contributed by atoms with E-state index in [-0.39, 0.29) is 5.91 Å². The Morgan fingerprint density at radius 1 is 1.62 bits per heavy atom. The molecule has 1 aliphatic carbocycles. The van der Waals surface area contributed by atoms with E-state index in [0.29, 0.717) is 13.0 Å². The maximum Gasteiger partial charge on any atom is 0.231 e. The number of halogens is 2. The van der Waals surface area contributed by atoms with Crippen LogP contribution in [0.3, 0.4) is 0 Å². The summed E-state index contributed by atoms with van der Waals surface area (Å²) in [4.78, 5) is 13.8. The average Bonchev–Trinajstić information content (AvgIpc) is 2.61. The molecule has 0 radical (unpaired) electrons. The van der Waals surface area contributed by atoms with E-state index in [1.54, 1.807) is 23.3 Å². The number of thiophene rings is 1. The molecule has 0 aliphatic heterocycles. The zero-order valence-electron chi connectivity index (χ0n) is 9.17.